The summed E-state index contributed by atoms with van der Waals surface area (Å²) in [5.41, 5.74) is 2.19. The molecule has 1 heterocycles. The second-order valence-corrected chi connectivity index (χ2v) is 10.1. The Hall–Kier alpha value is -2.90. The molecular formula is C25H22Cl2N2O5. The standard InChI is InChI=1S/C25H22Cl2N2O5/c1-12-3-2-4-14(9-12)28-18(30)11-34-25(33)13-5-7-15(8-6-13)29-23(31)19-16-10-17(20(19)24(29)32)22(27)21(16)26/h2-9,16-17,19-22H,10-11H2,1H3,(H,28,30)/t16-,17-,19-,20+,21+,22+/m1/s1. The molecule has 1 saturated heterocycles. The van der Waals surface area contributed by atoms with Gasteiger partial charge in [-0.05, 0) is 67.1 Å². The topological polar surface area (TPSA) is 92.8 Å². The lowest BCUT2D eigenvalue weighted by molar-refractivity contribution is -0.123. The average molecular weight is 501 g/mol. The van der Waals surface area contributed by atoms with Crippen molar-refractivity contribution < 1.29 is 23.9 Å². The van der Waals surface area contributed by atoms with Gasteiger partial charge in [-0.1, -0.05) is 12.1 Å². The number of imide groups is 1. The maximum absolute atomic E-state index is 13.1. The van der Waals surface area contributed by atoms with Gasteiger partial charge in [0, 0.05) is 5.69 Å². The molecule has 6 atom stereocenters. The highest BCUT2D eigenvalue weighted by Gasteiger charge is 2.66. The second kappa shape index (κ2) is 8.71. The van der Waals surface area contributed by atoms with Gasteiger partial charge in [-0.3, -0.25) is 19.3 Å². The number of hydrogen-bond donors (Lipinski definition) is 1. The second-order valence-electron chi connectivity index (χ2n) is 9.06. The van der Waals surface area contributed by atoms with Gasteiger partial charge in [0.2, 0.25) is 11.8 Å². The highest BCUT2D eigenvalue weighted by molar-refractivity contribution is 6.32. The van der Waals surface area contributed by atoms with E-state index in [2.05, 4.69) is 5.32 Å². The molecule has 2 aliphatic carbocycles. The van der Waals surface area contributed by atoms with Crippen LogP contribution >= 0.6 is 23.2 Å². The van der Waals surface area contributed by atoms with Gasteiger partial charge >= 0.3 is 5.97 Å². The van der Waals surface area contributed by atoms with Crippen LogP contribution in [0.5, 0.6) is 0 Å². The summed E-state index contributed by atoms with van der Waals surface area (Å²) in [6.45, 7) is 1.46. The highest BCUT2D eigenvalue weighted by atomic mass is 35.5. The fourth-order valence-electron chi connectivity index (χ4n) is 5.48. The van der Waals surface area contributed by atoms with E-state index >= 15 is 0 Å². The number of carbonyl (C=O) groups is 4. The molecule has 3 fully saturated rings. The number of esters is 1. The molecule has 34 heavy (non-hydrogen) atoms. The van der Waals surface area contributed by atoms with Crippen molar-refractivity contribution in [2.45, 2.75) is 24.1 Å². The molecule has 3 aliphatic rings. The Morgan fingerprint density at radius 2 is 1.62 bits per heavy atom. The minimum atomic E-state index is -0.685. The lowest BCUT2D eigenvalue weighted by atomic mass is 9.80. The van der Waals surface area contributed by atoms with Crippen LogP contribution in [0, 0.1) is 30.6 Å². The Labute approximate surface area is 206 Å². The summed E-state index contributed by atoms with van der Waals surface area (Å²) < 4.78 is 5.09. The molecule has 2 saturated carbocycles. The van der Waals surface area contributed by atoms with E-state index in [-0.39, 0.29) is 40.0 Å². The molecule has 2 aromatic rings. The van der Waals surface area contributed by atoms with Crippen molar-refractivity contribution in [3.05, 3.63) is 59.7 Å². The maximum Gasteiger partial charge on any atom is 0.338 e. The zero-order valence-electron chi connectivity index (χ0n) is 18.2. The van der Waals surface area contributed by atoms with Crippen LogP contribution in [-0.4, -0.2) is 41.1 Å². The Morgan fingerprint density at radius 1 is 1.00 bits per heavy atom. The summed E-state index contributed by atoms with van der Waals surface area (Å²) in [6.07, 6.45) is 0.700. The van der Waals surface area contributed by atoms with E-state index in [1.807, 2.05) is 19.1 Å². The predicted molar refractivity (Wildman–Crippen MR) is 127 cm³/mol. The minimum absolute atomic E-state index is 0.0965. The lowest BCUT2D eigenvalue weighted by Crippen LogP contribution is -2.37. The van der Waals surface area contributed by atoms with E-state index in [0.29, 0.717) is 17.8 Å². The summed E-state index contributed by atoms with van der Waals surface area (Å²) in [7, 11) is 0. The van der Waals surface area contributed by atoms with Crippen LogP contribution in [0.4, 0.5) is 11.4 Å². The predicted octanol–water partition coefficient (Wildman–Crippen LogP) is 3.76. The molecule has 3 amide bonds. The first-order valence-corrected chi connectivity index (χ1v) is 11.9. The third-order valence-corrected chi connectivity index (χ3v) is 8.30. The van der Waals surface area contributed by atoms with Crippen LogP contribution in [0.25, 0.3) is 0 Å². The van der Waals surface area contributed by atoms with Gasteiger partial charge in [-0.2, -0.15) is 0 Å². The van der Waals surface area contributed by atoms with Gasteiger partial charge in [0.25, 0.3) is 5.91 Å². The number of amides is 3. The number of hydrogen-bond acceptors (Lipinski definition) is 5. The number of benzene rings is 2. The number of nitrogens with zero attached hydrogens (tertiary/aromatic N) is 1. The Balaban J connectivity index is 1.22. The molecule has 176 valence electrons. The number of ether oxygens (including phenoxy) is 1. The van der Waals surface area contributed by atoms with Crippen LogP contribution in [0.15, 0.2) is 48.5 Å². The van der Waals surface area contributed by atoms with Gasteiger partial charge in [0.05, 0.1) is 33.8 Å². The summed E-state index contributed by atoms with van der Waals surface area (Å²) in [5, 5.41) is 2.04. The number of nitrogens with one attached hydrogen (secondary N) is 1. The molecule has 0 spiro atoms. The average Bonchev–Trinajstić information content (AvgIpc) is 3.42. The SMILES string of the molecule is Cc1cccc(NC(=O)COC(=O)c2ccc(N3C(=O)[C@@H]4[C@H]5C[C@@H]([C@H](Cl)[C@H]5Cl)[C@@H]4C3=O)cc2)c1. The molecule has 1 N–H and O–H groups in total. The summed E-state index contributed by atoms with van der Waals surface area (Å²) in [4.78, 5) is 51.8. The molecule has 7 nitrogen and oxygen atoms in total. The van der Waals surface area contributed by atoms with E-state index < -0.39 is 30.3 Å². The number of alkyl halides is 2. The zero-order chi connectivity index (χ0) is 24.1. The molecule has 0 unspecified atom stereocenters. The molecule has 1 aliphatic heterocycles. The Kier molecular flexibility index (Phi) is 5.86. The van der Waals surface area contributed by atoms with E-state index in [4.69, 9.17) is 27.9 Å². The monoisotopic (exact) mass is 500 g/mol. The van der Waals surface area contributed by atoms with E-state index in [1.54, 1.807) is 12.1 Å². The van der Waals surface area contributed by atoms with Gasteiger partial charge in [0.1, 0.15) is 0 Å². The first-order chi connectivity index (χ1) is 16.3. The van der Waals surface area contributed by atoms with E-state index in [1.165, 1.54) is 29.2 Å². The molecular weight excluding hydrogens is 479 g/mol. The van der Waals surface area contributed by atoms with Crippen molar-refractivity contribution in [1.29, 1.82) is 0 Å². The van der Waals surface area contributed by atoms with Gasteiger partial charge in [-0.15, -0.1) is 23.2 Å². The zero-order valence-corrected chi connectivity index (χ0v) is 19.8. The van der Waals surface area contributed by atoms with Crippen LogP contribution in [0.1, 0.15) is 22.3 Å². The summed E-state index contributed by atoms with van der Waals surface area (Å²) in [5.74, 6) is -2.74. The lowest BCUT2D eigenvalue weighted by Gasteiger charge is -2.28. The van der Waals surface area contributed by atoms with Crippen molar-refractivity contribution in [2.75, 3.05) is 16.8 Å². The fourth-order valence-corrected chi connectivity index (χ4v) is 6.38. The molecule has 2 aromatic carbocycles. The Bertz CT molecular complexity index is 1150. The highest BCUT2D eigenvalue weighted by Crippen LogP contribution is 2.59. The summed E-state index contributed by atoms with van der Waals surface area (Å²) in [6, 6.07) is 13.3. The molecule has 9 heteroatoms. The van der Waals surface area contributed by atoms with Crippen molar-refractivity contribution >= 4 is 58.3 Å². The maximum atomic E-state index is 13.1. The molecule has 2 bridgehead atoms. The number of fused-ring (bicyclic) bond motifs is 5. The molecule has 5 rings (SSSR count). The quantitative estimate of drug-likeness (QED) is 0.383. The van der Waals surface area contributed by atoms with Gasteiger partial charge in [0.15, 0.2) is 6.61 Å². The largest absolute Gasteiger partial charge is 0.452 e. The van der Waals surface area contributed by atoms with Gasteiger partial charge < -0.3 is 10.1 Å². The Morgan fingerprint density at radius 3 is 2.21 bits per heavy atom. The number of rotatable bonds is 5. The van der Waals surface area contributed by atoms with Crippen molar-refractivity contribution in [2.24, 2.45) is 23.7 Å². The van der Waals surface area contributed by atoms with E-state index in [9.17, 15) is 19.2 Å². The molecule has 0 radical (unpaired) electrons. The van der Waals surface area contributed by atoms with Crippen LogP contribution < -0.4 is 10.2 Å². The molecule has 0 aromatic heterocycles. The third-order valence-electron chi connectivity index (χ3n) is 6.98. The smallest absolute Gasteiger partial charge is 0.338 e. The number of aryl methyl sites for hydroxylation is 1. The number of anilines is 2. The minimum Gasteiger partial charge on any atom is -0.452 e. The third kappa shape index (κ3) is 3.77. The van der Waals surface area contributed by atoms with Crippen LogP contribution in [0.2, 0.25) is 0 Å². The normalized spacial score (nSPS) is 29.3. The number of halogens is 2. The van der Waals surface area contributed by atoms with Gasteiger partial charge in [-0.25, -0.2) is 4.79 Å². The van der Waals surface area contributed by atoms with Crippen LogP contribution in [0.3, 0.4) is 0 Å². The first-order valence-electron chi connectivity index (χ1n) is 11.1. The first kappa shape index (κ1) is 22.9. The van der Waals surface area contributed by atoms with Crippen LogP contribution in [-0.2, 0) is 19.1 Å². The fraction of sp³-hybridized carbons (Fsp3) is 0.360. The van der Waals surface area contributed by atoms with Crippen molar-refractivity contribution in [1.82, 2.24) is 0 Å². The van der Waals surface area contributed by atoms with E-state index in [0.717, 1.165) is 5.56 Å². The summed E-state index contributed by atoms with van der Waals surface area (Å²) >= 11 is 12.8. The van der Waals surface area contributed by atoms with Crippen molar-refractivity contribution in [3.8, 4) is 0 Å². The number of carbonyl (C=O) groups excluding carboxylic acids is 4. The van der Waals surface area contributed by atoms with Crippen molar-refractivity contribution in [3.63, 3.8) is 0 Å².